The molecule has 0 saturated carbocycles. The number of hydrogen-bond donors (Lipinski definition) is 0. The van der Waals surface area contributed by atoms with Crippen LogP contribution in [0.2, 0.25) is 0 Å². The average molecular weight is 250 g/mol. The van der Waals surface area contributed by atoms with Crippen LogP contribution in [0.25, 0.3) is 0 Å². The Labute approximate surface area is 110 Å². The van der Waals surface area contributed by atoms with Crippen molar-refractivity contribution in [3.63, 3.8) is 0 Å². The summed E-state index contributed by atoms with van der Waals surface area (Å²) in [6, 6.07) is 2.38. The third-order valence-electron chi connectivity index (χ3n) is 4.17. The van der Waals surface area contributed by atoms with Crippen molar-refractivity contribution in [2.24, 2.45) is 0 Å². The van der Waals surface area contributed by atoms with Gasteiger partial charge in [0, 0.05) is 12.2 Å². The second kappa shape index (κ2) is 4.39. The normalized spacial score (nSPS) is 23.3. The Hall–Kier alpha value is -0.805. The van der Waals surface area contributed by atoms with Crippen LogP contribution >= 0.6 is 0 Å². The molecule has 2 heterocycles. The van der Waals surface area contributed by atoms with E-state index in [-0.39, 0.29) is 18.3 Å². The van der Waals surface area contributed by atoms with E-state index in [4.69, 9.17) is 9.31 Å². The van der Waals surface area contributed by atoms with Crippen molar-refractivity contribution in [1.82, 2.24) is 9.78 Å². The number of aromatic nitrogens is 2. The molecule has 0 aliphatic carbocycles. The van der Waals surface area contributed by atoms with E-state index >= 15 is 0 Å². The third kappa shape index (κ3) is 2.21. The smallest absolute Gasteiger partial charge is 0.398 e. The van der Waals surface area contributed by atoms with Gasteiger partial charge in [-0.1, -0.05) is 6.92 Å². The Morgan fingerprint density at radius 1 is 1.28 bits per heavy atom. The van der Waals surface area contributed by atoms with Crippen molar-refractivity contribution in [3.8, 4) is 0 Å². The fraction of sp³-hybridized carbons (Fsp3) is 0.769. The first-order chi connectivity index (χ1) is 8.27. The molecule has 0 N–H and O–H groups in total. The molecule has 4 nitrogen and oxygen atoms in total. The molecule has 2 rings (SSSR count). The van der Waals surface area contributed by atoms with Crippen molar-refractivity contribution in [3.05, 3.63) is 12.3 Å². The van der Waals surface area contributed by atoms with Crippen LogP contribution in [0.5, 0.6) is 0 Å². The average Bonchev–Trinajstić information content (AvgIpc) is 2.82. The highest BCUT2D eigenvalue weighted by atomic mass is 16.7. The van der Waals surface area contributed by atoms with Gasteiger partial charge in [-0.2, -0.15) is 5.10 Å². The van der Waals surface area contributed by atoms with Gasteiger partial charge >= 0.3 is 7.12 Å². The van der Waals surface area contributed by atoms with Crippen LogP contribution in [0, 0.1) is 0 Å². The topological polar surface area (TPSA) is 36.3 Å². The van der Waals surface area contributed by atoms with Crippen LogP contribution < -0.4 is 5.59 Å². The van der Waals surface area contributed by atoms with Crippen LogP contribution in [-0.2, 0) is 9.31 Å². The summed E-state index contributed by atoms with van der Waals surface area (Å²) >= 11 is 0. The predicted molar refractivity (Wildman–Crippen MR) is 72.9 cm³/mol. The highest BCUT2D eigenvalue weighted by Gasteiger charge is 2.52. The molecule has 18 heavy (non-hydrogen) atoms. The maximum atomic E-state index is 5.98. The molecular weight excluding hydrogens is 227 g/mol. The molecule has 100 valence electrons. The van der Waals surface area contributed by atoms with Gasteiger partial charge in [-0.25, -0.2) is 0 Å². The van der Waals surface area contributed by atoms with Crippen LogP contribution in [0.15, 0.2) is 12.3 Å². The minimum Gasteiger partial charge on any atom is -0.398 e. The first-order valence-electron chi connectivity index (χ1n) is 6.67. The molecule has 0 unspecified atom stereocenters. The van der Waals surface area contributed by atoms with Crippen molar-refractivity contribution in [2.75, 3.05) is 0 Å². The highest BCUT2D eigenvalue weighted by molar-refractivity contribution is 6.61. The largest absolute Gasteiger partial charge is 0.516 e. The molecule has 0 amide bonds. The molecule has 1 aliphatic heterocycles. The lowest BCUT2D eigenvalue weighted by Gasteiger charge is -2.32. The molecule has 0 aromatic carbocycles. The summed E-state index contributed by atoms with van der Waals surface area (Å²) in [6.07, 6.45) is 3.05. The lowest BCUT2D eigenvalue weighted by atomic mass is 9.85. The van der Waals surface area contributed by atoms with Gasteiger partial charge in [0.15, 0.2) is 0 Å². The van der Waals surface area contributed by atoms with Crippen LogP contribution in [0.3, 0.4) is 0 Å². The van der Waals surface area contributed by atoms with Crippen molar-refractivity contribution in [1.29, 1.82) is 0 Å². The fourth-order valence-electron chi connectivity index (χ4n) is 1.87. The first kappa shape index (κ1) is 13.6. The summed E-state index contributed by atoms with van der Waals surface area (Å²) in [5, 5.41) is 4.56. The maximum absolute atomic E-state index is 5.98. The van der Waals surface area contributed by atoms with Gasteiger partial charge in [-0.3, -0.25) is 4.68 Å². The summed E-state index contributed by atoms with van der Waals surface area (Å²) < 4.78 is 13.9. The second-order valence-corrected chi connectivity index (χ2v) is 6.07. The van der Waals surface area contributed by atoms with Crippen molar-refractivity contribution in [2.45, 2.75) is 65.2 Å². The Morgan fingerprint density at radius 3 is 2.33 bits per heavy atom. The van der Waals surface area contributed by atoms with Gasteiger partial charge in [-0.05, 0) is 47.1 Å². The third-order valence-corrected chi connectivity index (χ3v) is 4.17. The van der Waals surface area contributed by atoms with Crippen molar-refractivity contribution >= 4 is 12.7 Å². The Balaban J connectivity index is 2.17. The van der Waals surface area contributed by atoms with E-state index in [1.165, 1.54) is 0 Å². The van der Waals surface area contributed by atoms with Crippen LogP contribution in [0.1, 0.15) is 54.0 Å². The number of rotatable bonds is 3. The van der Waals surface area contributed by atoms with E-state index < -0.39 is 0 Å². The van der Waals surface area contributed by atoms with Crippen LogP contribution in [0.4, 0.5) is 0 Å². The number of nitrogens with zero attached hydrogens (tertiary/aromatic N) is 2. The Kier molecular flexibility index (Phi) is 3.32. The molecule has 1 aromatic rings. The first-order valence-corrected chi connectivity index (χ1v) is 6.67. The van der Waals surface area contributed by atoms with E-state index in [1.807, 2.05) is 16.9 Å². The van der Waals surface area contributed by atoms with E-state index in [0.717, 1.165) is 12.0 Å². The minimum absolute atomic E-state index is 0.308. The van der Waals surface area contributed by atoms with E-state index in [2.05, 4.69) is 46.6 Å². The lowest BCUT2D eigenvalue weighted by Crippen LogP contribution is -2.41. The van der Waals surface area contributed by atoms with E-state index in [1.54, 1.807) is 0 Å². The van der Waals surface area contributed by atoms with Gasteiger partial charge in [0.1, 0.15) is 0 Å². The molecule has 1 fully saturated rings. The molecule has 1 atom stereocenters. The molecular formula is C13H23BN2O2. The molecule has 5 heteroatoms. The molecule has 0 radical (unpaired) electrons. The summed E-state index contributed by atoms with van der Waals surface area (Å²) in [6.45, 7) is 12.5. The zero-order valence-corrected chi connectivity index (χ0v) is 12.2. The van der Waals surface area contributed by atoms with Gasteiger partial charge < -0.3 is 9.31 Å². The monoisotopic (exact) mass is 250 g/mol. The summed E-state index contributed by atoms with van der Waals surface area (Å²) in [5.41, 5.74) is 0.240. The van der Waals surface area contributed by atoms with Gasteiger partial charge in [0.25, 0.3) is 0 Å². The molecule has 0 spiro atoms. The maximum Gasteiger partial charge on any atom is 0.516 e. The van der Waals surface area contributed by atoms with E-state index in [0.29, 0.717) is 6.04 Å². The fourth-order valence-corrected chi connectivity index (χ4v) is 1.87. The zero-order valence-electron chi connectivity index (χ0n) is 12.2. The van der Waals surface area contributed by atoms with Gasteiger partial charge in [0.05, 0.1) is 16.8 Å². The quantitative estimate of drug-likeness (QED) is 0.771. The summed E-state index contributed by atoms with van der Waals surface area (Å²) in [5.74, 6) is 0. The van der Waals surface area contributed by atoms with Gasteiger partial charge in [-0.15, -0.1) is 0 Å². The minimum atomic E-state index is -0.361. The van der Waals surface area contributed by atoms with Crippen LogP contribution in [-0.4, -0.2) is 28.1 Å². The molecule has 0 bridgehead atoms. The lowest BCUT2D eigenvalue weighted by molar-refractivity contribution is 0.00578. The van der Waals surface area contributed by atoms with E-state index in [9.17, 15) is 0 Å². The highest BCUT2D eigenvalue weighted by Crippen LogP contribution is 2.36. The Bertz CT molecular complexity index is 412. The SMILES string of the molecule is CC[C@H](C)n1ccc(B2OC(C)(C)C(C)(C)O2)n1. The predicted octanol–water partition coefficient (Wildman–Crippen LogP) is 2.15. The molecule has 1 aromatic heterocycles. The summed E-state index contributed by atoms with van der Waals surface area (Å²) in [7, 11) is -0.361. The molecule has 1 aliphatic rings. The van der Waals surface area contributed by atoms with Gasteiger partial charge in [0.2, 0.25) is 0 Å². The second-order valence-electron chi connectivity index (χ2n) is 6.07. The standard InChI is InChI=1S/C13H23BN2O2/c1-7-10(2)16-9-8-11(15-16)14-17-12(3,4)13(5,6)18-14/h8-10H,7H2,1-6H3/t10-/m0/s1. The van der Waals surface area contributed by atoms with Crippen molar-refractivity contribution < 1.29 is 9.31 Å². The Morgan fingerprint density at radius 2 is 1.83 bits per heavy atom. The zero-order chi connectivity index (χ0) is 13.6. The summed E-state index contributed by atoms with van der Waals surface area (Å²) in [4.78, 5) is 0. The number of hydrogen-bond acceptors (Lipinski definition) is 3. The molecule has 1 saturated heterocycles.